The third-order valence-electron chi connectivity index (χ3n) is 5.85. The van der Waals surface area contributed by atoms with Crippen LogP contribution in [-0.2, 0) is 6.42 Å². The number of hydrogen-bond donors (Lipinski definition) is 0. The minimum absolute atomic E-state index is 0.939. The van der Waals surface area contributed by atoms with Gasteiger partial charge in [0.15, 0.2) is 0 Å². The summed E-state index contributed by atoms with van der Waals surface area (Å²) in [5.74, 6) is 0. The van der Waals surface area contributed by atoms with Crippen molar-refractivity contribution in [2.24, 2.45) is 0 Å². The highest BCUT2D eigenvalue weighted by molar-refractivity contribution is 7.20. The van der Waals surface area contributed by atoms with Crippen molar-refractivity contribution >= 4 is 49.9 Å². The van der Waals surface area contributed by atoms with Crippen molar-refractivity contribution in [3.63, 3.8) is 0 Å². The number of fused-ring (bicyclic) bond motifs is 4. The molecule has 1 heterocycles. The molecule has 1 aromatic heterocycles. The Morgan fingerprint density at radius 1 is 0.929 bits per heavy atom. The number of rotatable bonds is 4. The molecule has 0 radical (unpaired) electrons. The number of thiophene rings is 1. The molecule has 0 bridgehead atoms. The Balaban J connectivity index is 2.21. The Kier molecular flexibility index (Phi) is 4.72. The van der Waals surface area contributed by atoms with Crippen molar-refractivity contribution in [3.8, 4) is 0 Å². The maximum absolute atomic E-state index is 4.07. The largest absolute Gasteiger partial charge is 0.135 e. The van der Waals surface area contributed by atoms with Gasteiger partial charge in [-0.3, -0.25) is 0 Å². The first-order valence-corrected chi connectivity index (χ1v) is 10.6. The summed E-state index contributed by atoms with van der Waals surface area (Å²) >= 11 is 1.91. The molecule has 1 heteroatoms. The molecule has 0 aliphatic heterocycles. The second kappa shape index (κ2) is 7.07. The predicted octanol–water partition coefficient (Wildman–Crippen LogP) is 8.42. The zero-order valence-electron chi connectivity index (χ0n) is 17.1. The monoisotopic (exact) mass is 382 g/mol. The van der Waals surface area contributed by atoms with Gasteiger partial charge in [-0.25, -0.2) is 0 Å². The lowest BCUT2D eigenvalue weighted by atomic mass is 9.90. The van der Waals surface area contributed by atoms with E-state index in [1.165, 1.54) is 64.7 Å². The number of hydrogen-bond acceptors (Lipinski definition) is 1. The first-order chi connectivity index (χ1) is 13.5. The lowest BCUT2D eigenvalue weighted by Crippen LogP contribution is -1.91. The van der Waals surface area contributed by atoms with Crippen LogP contribution in [0, 0.1) is 13.8 Å². The quantitative estimate of drug-likeness (QED) is 0.425. The van der Waals surface area contributed by atoms with Crippen LogP contribution in [0.2, 0.25) is 0 Å². The van der Waals surface area contributed by atoms with Crippen LogP contribution in [0.1, 0.15) is 46.5 Å². The molecule has 3 aromatic rings. The van der Waals surface area contributed by atoms with E-state index in [0.29, 0.717) is 0 Å². The highest BCUT2D eigenvalue weighted by atomic mass is 32.1. The molecule has 1 aliphatic rings. The fraction of sp³-hybridized carbons (Fsp3) is 0.185. The van der Waals surface area contributed by atoms with E-state index < -0.39 is 0 Å². The third kappa shape index (κ3) is 2.57. The molecule has 0 saturated carbocycles. The van der Waals surface area contributed by atoms with Crippen molar-refractivity contribution in [2.75, 3.05) is 0 Å². The van der Waals surface area contributed by atoms with Gasteiger partial charge in [0, 0.05) is 15.0 Å². The summed E-state index contributed by atoms with van der Waals surface area (Å²) < 4.78 is 1.40. The summed E-state index contributed by atoms with van der Waals surface area (Å²) in [5, 5.41) is 4.10. The molecule has 1 aliphatic carbocycles. The molecular weight excluding hydrogens is 356 g/mol. The second-order valence-corrected chi connectivity index (χ2v) is 8.47. The summed E-state index contributed by atoms with van der Waals surface area (Å²) in [5.41, 5.74) is 9.29. The summed E-state index contributed by atoms with van der Waals surface area (Å²) in [6, 6.07) is 4.80. The highest BCUT2D eigenvalue weighted by Crippen LogP contribution is 2.45. The van der Waals surface area contributed by atoms with E-state index in [1.54, 1.807) is 0 Å². The van der Waals surface area contributed by atoms with Crippen molar-refractivity contribution < 1.29 is 0 Å². The second-order valence-electron chi connectivity index (χ2n) is 7.41. The summed E-state index contributed by atoms with van der Waals surface area (Å²) in [7, 11) is 0. The molecule has 2 aromatic carbocycles. The van der Waals surface area contributed by atoms with Crippen molar-refractivity contribution in [3.05, 3.63) is 87.9 Å². The third-order valence-corrected chi connectivity index (χ3v) is 7.23. The lowest BCUT2D eigenvalue weighted by molar-refractivity contribution is 1.26. The average molecular weight is 383 g/mol. The van der Waals surface area contributed by atoms with E-state index in [1.807, 2.05) is 23.5 Å². The minimum Gasteiger partial charge on any atom is -0.135 e. The topological polar surface area (TPSA) is 0 Å². The normalized spacial score (nSPS) is 14.1. The Labute approximate surface area is 171 Å². The number of benzene rings is 2. The molecule has 0 unspecified atom stereocenters. The van der Waals surface area contributed by atoms with Gasteiger partial charge in [0.2, 0.25) is 0 Å². The van der Waals surface area contributed by atoms with Crippen molar-refractivity contribution in [1.29, 1.82) is 0 Å². The summed E-state index contributed by atoms with van der Waals surface area (Å²) in [4.78, 5) is 1.35. The Bertz CT molecular complexity index is 1240. The van der Waals surface area contributed by atoms with E-state index in [-0.39, 0.29) is 0 Å². The van der Waals surface area contributed by atoms with Crippen LogP contribution in [0.25, 0.3) is 38.6 Å². The fourth-order valence-corrected chi connectivity index (χ4v) is 5.81. The highest BCUT2D eigenvalue weighted by Gasteiger charge is 2.22. The molecule has 0 atom stereocenters. The molecule has 4 rings (SSSR count). The molecule has 0 spiro atoms. The maximum Gasteiger partial charge on any atom is 0.0393 e. The van der Waals surface area contributed by atoms with E-state index in [4.69, 9.17) is 0 Å². The van der Waals surface area contributed by atoms with Gasteiger partial charge in [0.25, 0.3) is 0 Å². The summed E-state index contributed by atoms with van der Waals surface area (Å²) in [6.45, 7) is 16.8. The van der Waals surface area contributed by atoms with Crippen LogP contribution in [0.15, 0.2) is 55.2 Å². The molecule has 140 valence electrons. The van der Waals surface area contributed by atoms with E-state index in [9.17, 15) is 0 Å². The van der Waals surface area contributed by atoms with Gasteiger partial charge in [0.1, 0.15) is 0 Å². The van der Waals surface area contributed by atoms with Crippen LogP contribution in [0.3, 0.4) is 0 Å². The van der Waals surface area contributed by atoms with Gasteiger partial charge in [0.05, 0.1) is 0 Å². The summed E-state index contributed by atoms with van der Waals surface area (Å²) in [6.07, 6.45) is 13.7. The van der Waals surface area contributed by atoms with Crippen molar-refractivity contribution in [1.82, 2.24) is 0 Å². The van der Waals surface area contributed by atoms with Crippen LogP contribution in [-0.4, -0.2) is 0 Å². The first-order valence-electron chi connectivity index (χ1n) is 9.81. The maximum atomic E-state index is 4.07. The standard InChI is InChI=1S/C27H26S/c1-7-11-21-16(5)27-26(17(6)25(28-27)12-8-2)24-15-22-19(14-23(21)24)13-18(9-3)20(22)10-4/h7-12,14-15H,3-4,13H2,1-2,5-6H3/b11-7-,12-8-. The Morgan fingerprint density at radius 3 is 2.32 bits per heavy atom. The van der Waals surface area contributed by atoms with Crippen LogP contribution < -0.4 is 0 Å². The Morgan fingerprint density at radius 2 is 1.68 bits per heavy atom. The van der Waals surface area contributed by atoms with Crippen molar-refractivity contribution in [2.45, 2.75) is 34.1 Å². The van der Waals surface area contributed by atoms with E-state index in [0.717, 1.165) is 6.42 Å². The molecule has 0 N–H and O–H groups in total. The molecule has 0 nitrogen and oxygen atoms in total. The number of aryl methyl sites for hydroxylation is 2. The number of allylic oxidation sites excluding steroid dienone is 6. The smallest absolute Gasteiger partial charge is 0.0393 e. The van der Waals surface area contributed by atoms with Crippen LogP contribution >= 0.6 is 11.3 Å². The van der Waals surface area contributed by atoms with Gasteiger partial charge >= 0.3 is 0 Å². The molecule has 0 fully saturated rings. The van der Waals surface area contributed by atoms with E-state index >= 15 is 0 Å². The van der Waals surface area contributed by atoms with Crippen LogP contribution in [0.4, 0.5) is 0 Å². The zero-order chi connectivity index (χ0) is 20.0. The Hall–Kier alpha value is -2.64. The minimum atomic E-state index is 0.939. The van der Waals surface area contributed by atoms with Gasteiger partial charge in [-0.1, -0.05) is 43.5 Å². The molecule has 0 saturated heterocycles. The molecule has 0 amide bonds. The first kappa shape index (κ1) is 18.7. The predicted molar refractivity (Wildman–Crippen MR) is 129 cm³/mol. The molecule has 28 heavy (non-hydrogen) atoms. The van der Waals surface area contributed by atoms with Gasteiger partial charge in [-0.2, -0.15) is 0 Å². The van der Waals surface area contributed by atoms with E-state index in [2.05, 4.69) is 77.3 Å². The SMILES string of the molecule is C=CC1=C(C=C)c2cc3c(cc2C1)c(/C=C\C)c(C)c1sc(/C=C\C)c(C)c13. The van der Waals surface area contributed by atoms with Crippen LogP contribution in [0.5, 0.6) is 0 Å². The fourth-order valence-electron chi connectivity index (χ4n) is 4.50. The average Bonchev–Trinajstić information content (AvgIpc) is 3.21. The zero-order valence-corrected chi connectivity index (χ0v) is 18.0. The van der Waals surface area contributed by atoms with Gasteiger partial charge in [-0.05, 0) is 102 Å². The lowest BCUT2D eigenvalue weighted by Gasteiger charge is -2.13. The van der Waals surface area contributed by atoms with Gasteiger partial charge in [-0.15, -0.1) is 11.3 Å². The molecular formula is C27H26S. The van der Waals surface area contributed by atoms with Gasteiger partial charge < -0.3 is 0 Å².